The molecule has 2 rings (SSSR count). The van der Waals surface area contributed by atoms with Crippen LogP contribution in [0.25, 0.3) is 0 Å². The van der Waals surface area contributed by atoms with E-state index < -0.39 is 0 Å². The fourth-order valence-electron chi connectivity index (χ4n) is 3.04. The predicted octanol–water partition coefficient (Wildman–Crippen LogP) is 2.09. The monoisotopic (exact) mass is 336 g/mol. The first kappa shape index (κ1) is 19.3. The van der Waals surface area contributed by atoms with Crippen LogP contribution in [-0.4, -0.2) is 70.7 Å². The smallest absolute Gasteiger partial charge is 0.0715 e. The summed E-state index contributed by atoms with van der Waals surface area (Å²) in [6, 6.07) is 11.0. The maximum Gasteiger partial charge on any atom is 0.0715 e. The van der Waals surface area contributed by atoms with E-state index >= 15 is 0 Å². The van der Waals surface area contributed by atoms with Crippen molar-refractivity contribution in [1.82, 2.24) is 10.2 Å². The van der Waals surface area contributed by atoms with Gasteiger partial charge in [0.2, 0.25) is 0 Å². The third-order valence-electron chi connectivity index (χ3n) is 4.38. The molecule has 1 aliphatic rings. The van der Waals surface area contributed by atoms with Gasteiger partial charge in [-0.1, -0.05) is 30.3 Å². The zero-order valence-corrected chi connectivity index (χ0v) is 15.1. The summed E-state index contributed by atoms with van der Waals surface area (Å²) in [6.45, 7) is 8.48. The van der Waals surface area contributed by atoms with Gasteiger partial charge in [0.15, 0.2) is 0 Å². The van der Waals surface area contributed by atoms with E-state index in [1.54, 1.807) is 0 Å². The molecule has 0 saturated carbocycles. The number of nitrogens with one attached hydrogen (secondary N) is 1. The van der Waals surface area contributed by atoms with Crippen molar-refractivity contribution in [1.29, 1.82) is 0 Å². The van der Waals surface area contributed by atoms with Crippen molar-refractivity contribution in [2.75, 3.05) is 59.7 Å². The van der Waals surface area contributed by atoms with E-state index in [1.165, 1.54) is 5.56 Å². The maximum atomic E-state index is 5.93. The van der Waals surface area contributed by atoms with E-state index in [0.717, 1.165) is 32.7 Å². The van der Waals surface area contributed by atoms with Crippen LogP contribution >= 0.6 is 0 Å². The van der Waals surface area contributed by atoms with Crippen LogP contribution in [0.1, 0.15) is 24.9 Å². The molecule has 5 heteroatoms. The van der Waals surface area contributed by atoms with Crippen LogP contribution in [0.5, 0.6) is 0 Å². The highest BCUT2D eigenvalue weighted by molar-refractivity contribution is 5.19. The lowest BCUT2D eigenvalue weighted by Crippen LogP contribution is -2.33. The summed E-state index contributed by atoms with van der Waals surface area (Å²) in [6.07, 6.45) is 1.43. The fourth-order valence-corrected chi connectivity index (χ4v) is 3.04. The molecule has 1 unspecified atom stereocenters. The number of likely N-dealkylation sites (tertiary alicyclic amines) is 1. The van der Waals surface area contributed by atoms with E-state index in [0.29, 0.717) is 38.6 Å². The summed E-state index contributed by atoms with van der Waals surface area (Å²) in [5.41, 5.74) is 1.34. The third-order valence-corrected chi connectivity index (χ3v) is 4.38. The van der Waals surface area contributed by atoms with E-state index in [4.69, 9.17) is 14.2 Å². The topological polar surface area (TPSA) is 43.0 Å². The Bertz CT molecular complexity index is 430. The molecule has 1 aromatic carbocycles. The molecule has 1 heterocycles. The van der Waals surface area contributed by atoms with Crippen LogP contribution in [0, 0.1) is 0 Å². The first-order valence-electron chi connectivity index (χ1n) is 9.05. The fraction of sp³-hybridized carbons (Fsp3) is 0.684. The normalized spacial score (nSPS) is 19.7. The largest absolute Gasteiger partial charge is 0.379 e. The SMILES string of the molecule is CCOCCOCCO[C@H]1CCN(CC(NC)c2ccccc2)C1. The summed E-state index contributed by atoms with van der Waals surface area (Å²) in [5.74, 6) is 0. The summed E-state index contributed by atoms with van der Waals surface area (Å²) in [5, 5.41) is 3.42. The van der Waals surface area contributed by atoms with Crippen molar-refractivity contribution in [2.45, 2.75) is 25.5 Å². The Balaban J connectivity index is 1.60. The van der Waals surface area contributed by atoms with Gasteiger partial charge in [0, 0.05) is 32.3 Å². The molecule has 5 nitrogen and oxygen atoms in total. The van der Waals surface area contributed by atoms with Crippen LogP contribution < -0.4 is 5.32 Å². The molecule has 1 fully saturated rings. The Labute approximate surface area is 146 Å². The predicted molar refractivity (Wildman–Crippen MR) is 96.4 cm³/mol. The molecule has 0 amide bonds. The lowest BCUT2D eigenvalue weighted by Gasteiger charge is -2.24. The van der Waals surface area contributed by atoms with Crippen LogP contribution in [0.4, 0.5) is 0 Å². The maximum absolute atomic E-state index is 5.93. The second-order valence-corrected chi connectivity index (χ2v) is 6.10. The summed E-state index contributed by atoms with van der Waals surface area (Å²) < 4.78 is 16.7. The van der Waals surface area contributed by atoms with Crippen LogP contribution in [0.15, 0.2) is 30.3 Å². The molecule has 1 saturated heterocycles. The van der Waals surface area contributed by atoms with Crippen molar-refractivity contribution in [3.8, 4) is 0 Å². The molecule has 1 aromatic rings. The van der Waals surface area contributed by atoms with Gasteiger partial charge in [-0.25, -0.2) is 0 Å². The van der Waals surface area contributed by atoms with Gasteiger partial charge in [-0.05, 0) is 26.0 Å². The highest BCUT2D eigenvalue weighted by atomic mass is 16.5. The van der Waals surface area contributed by atoms with Crippen molar-refractivity contribution >= 4 is 0 Å². The highest BCUT2D eigenvalue weighted by Gasteiger charge is 2.25. The van der Waals surface area contributed by atoms with Crippen molar-refractivity contribution in [2.24, 2.45) is 0 Å². The van der Waals surface area contributed by atoms with Crippen LogP contribution in [-0.2, 0) is 14.2 Å². The highest BCUT2D eigenvalue weighted by Crippen LogP contribution is 2.18. The Morgan fingerprint density at radius 2 is 1.88 bits per heavy atom. The van der Waals surface area contributed by atoms with Gasteiger partial charge in [-0.3, -0.25) is 4.90 Å². The van der Waals surface area contributed by atoms with Crippen molar-refractivity contribution in [3.05, 3.63) is 35.9 Å². The molecule has 0 aliphatic carbocycles. The third kappa shape index (κ3) is 6.87. The molecule has 1 aliphatic heterocycles. The Morgan fingerprint density at radius 3 is 2.62 bits per heavy atom. The van der Waals surface area contributed by atoms with Gasteiger partial charge in [0.05, 0.1) is 32.5 Å². The molecular weight excluding hydrogens is 304 g/mol. The van der Waals surface area contributed by atoms with Crippen LogP contribution in [0.2, 0.25) is 0 Å². The van der Waals surface area contributed by atoms with Gasteiger partial charge < -0.3 is 19.5 Å². The molecule has 24 heavy (non-hydrogen) atoms. The van der Waals surface area contributed by atoms with Crippen molar-refractivity contribution in [3.63, 3.8) is 0 Å². The molecule has 2 atom stereocenters. The first-order chi connectivity index (χ1) is 11.8. The number of rotatable bonds is 12. The zero-order valence-electron chi connectivity index (χ0n) is 15.1. The van der Waals surface area contributed by atoms with Gasteiger partial charge in [-0.15, -0.1) is 0 Å². The number of nitrogens with zero attached hydrogens (tertiary/aromatic N) is 1. The molecule has 0 spiro atoms. The second kappa shape index (κ2) is 11.6. The molecule has 1 N–H and O–H groups in total. The van der Waals surface area contributed by atoms with Gasteiger partial charge in [0.25, 0.3) is 0 Å². The van der Waals surface area contributed by atoms with E-state index in [-0.39, 0.29) is 0 Å². The average Bonchev–Trinajstić information content (AvgIpc) is 3.07. The average molecular weight is 336 g/mol. The zero-order chi connectivity index (χ0) is 17.0. The molecule has 0 bridgehead atoms. The number of benzene rings is 1. The minimum atomic E-state index is 0.328. The van der Waals surface area contributed by atoms with E-state index in [2.05, 4.69) is 40.5 Å². The van der Waals surface area contributed by atoms with Gasteiger partial charge in [0.1, 0.15) is 0 Å². The molecule has 0 aromatic heterocycles. The summed E-state index contributed by atoms with van der Waals surface area (Å²) in [7, 11) is 2.03. The molecule has 136 valence electrons. The lowest BCUT2D eigenvalue weighted by molar-refractivity contribution is -0.00705. The summed E-state index contributed by atoms with van der Waals surface area (Å²) >= 11 is 0. The number of hydrogen-bond donors (Lipinski definition) is 1. The van der Waals surface area contributed by atoms with E-state index in [9.17, 15) is 0 Å². The molecule has 0 radical (unpaired) electrons. The molecular formula is C19H32N2O3. The van der Waals surface area contributed by atoms with Gasteiger partial charge >= 0.3 is 0 Å². The second-order valence-electron chi connectivity index (χ2n) is 6.10. The minimum absolute atomic E-state index is 0.328. The number of ether oxygens (including phenoxy) is 3. The lowest BCUT2D eigenvalue weighted by atomic mass is 10.1. The Hall–Kier alpha value is -0.980. The van der Waals surface area contributed by atoms with E-state index in [1.807, 2.05) is 14.0 Å². The van der Waals surface area contributed by atoms with Crippen molar-refractivity contribution < 1.29 is 14.2 Å². The Morgan fingerprint density at radius 1 is 1.12 bits per heavy atom. The van der Waals surface area contributed by atoms with Crippen LogP contribution in [0.3, 0.4) is 0 Å². The summed E-state index contributed by atoms with van der Waals surface area (Å²) in [4.78, 5) is 2.48. The quantitative estimate of drug-likeness (QED) is 0.592. The standard InChI is InChI=1S/C19H32N2O3/c1-3-22-11-12-23-13-14-24-18-9-10-21(15-18)16-19(20-2)17-7-5-4-6-8-17/h4-8,18-20H,3,9-16H2,1-2H3/t18-,19?/m0/s1. The minimum Gasteiger partial charge on any atom is -0.379 e. The first-order valence-corrected chi connectivity index (χ1v) is 9.05. The van der Waals surface area contributed by atoms with Gasteiger partial charge in [-0.2, -0.15) is 0 Å². The number of likely N-dealkylation sites (N-methyl/N-ethyl adjacent to an activating group) is 1. The number of hydrogen-bond acceptors (Lipinski definition) is 5. The Kier molecular flexibility index (Phi) is 9.31.